The van der Waals surface area contributed by atoms with Crippen LogP contribution in [-0.2, 0) is 6.18 Å². The average molecular weight is 351 g/mol. The number of urea groups is 1. The van der Waals surface area contributed by atoms with E-state index in [0.717, 1.165) is 30.3 Å². The number of anilines is 2. The Balaban J connectivity index is 2.16. The zero-order valence-electron chi connectivity index (χ0n) is 11.1. The molecule has 0 spiro atoms. The Kier molecular flexibility index (Phi) is 4.74. The number of hydrogen-bond acceptors (Lipinski definition) is 1. The highest BCUT2D eigenvalue weighted by Gasteiger charge is 2.33. The number of amides is 2. The summed E-state index contributed by atoms with van der Waals surface area (Å²) in [6.45, 7) is 0. The van der Waals surface area contributed by atoms with E-state index >= 15 is 0 Å². The Morgan fingerprint density at radius 3 is 2.39 bits per heavy atom. The summed E-state index contributed by atoms with van der Waals surface area (Å²) in [6.07, 6.45) is -4.69. The third-order valence-corrected chi connectivity index (χ3v) is 3.06. The van der Waals surface area contributed by atoms with Crippen molar-refractivity contribution in [2.45, 2.75) is 6.18 Å². The van der Waals surface area contributed by atoms with Gasteiger partial charge < -0.3 is 10.6 Å². The fourth-order valence-corrected chi connectivity index (χ4v) is 1.93. The van der Waals surface area contributed by atoms with Gasteiger partial charge in [-0.15, -0.1) is 0 Å². The van der Waals surface area contributed by atoms with Crippen LogP contribution in [0.4, 0.5) is 38.1 Å². The molecule has 0 saturated carbocycles. The van der Waals surface area contributed by atoms with Crippen LogP contribution >= 0.6 is 11.6 Å². The molecule has 2 amide bonds. The molecule has 0 radical (unpaired) electrons. The second-order valence-electron chi connectivity index (χ2n) is 4.37. The molecule has 23 heavy (non-hydrogen) atoms. The van der Waals surface area contributed by atoms with Gasteiger partial charge in [-0.2, -0.15) is 13.2 Å². The Bertz CT molecular complexity index is 748. The van der Waals surface area contributed by atoms with Gasteiger partial charge in [0.05, 0.1) is 16.3 Å². The molecule has 0 fully saturated rings. The van der Waals surface area contributed by atoms with Crippen LogP contribution in [0.2, 0.25) is 5.02 Å². The Labute approximate surface area is 132 Å². The van der Waals surface area contributed by atoms with E-state index in [4.69, 9.17) is 11.6 Å². The van der Waals surface area contributed by atoms with E-state index in [1.807, 2.05) is 5.32 Å². The standard InChI is InChI=1S/C14H8ClF5N2O/c15-9-5-4-7(6-8(9)14(18,19)20)21-13(23)22-11-3-1-2-10(16)12(11)17/h1-6H,(H2,21,22,23). The van der Waals surface area contributed by atoms with Crippen molar-refractivity contribution in [3.63, 3.8) is 0 Å². The molecule has 0 atom stereocenters. The fraction of sp³-hybridized carbons (Fsp3) is 0.0714. The normalized spacial score (nSPS) is 11.2. The Morgan fingerprint density at radius 2 is 1.74 bits per heavy atom. The zero-order chi connectivity index (χ0) is 17.2. The van der Waals surface area contributed by atoms with Crippen molar-refractivity contribution >= 4 is 29.0 Å². The number of carbonyl (C=O) groups is 1. The summed E-state index contributed by atoms with van der Waals surface area (Å²) in [6, 6.07) is 4.81. The predicted molar refractivity (Wildman–Crippen MR) is 75.5 cm³/mol. The van der Waals surface area contributed by atoms with E-state index in [1.165, 1.54) is 0 Å². The minimum Gasteiger partial charge on any atom is -0.308 e. The average Bonchev–Trinajstić information content (AvgIpc) is 2.45. The van der Waals surface area contributed by atoms with Crippen molar-refractivity contribution in [1.82, 2.24) is 0 Å². The minimum absolute atomic E-state index is 0.212. The van der Waals surface area contributed by atoms with Crippen molar-refractivity contribution in [2.75, 3.05) is 10.6 Å². The first-order valence-electron chi connectivity index (χ1n) is 6.07. The quantitative estimate of drug-likeness (QED) is 0.711. The second kappa shape index (κ2) is 6.41. The van der Waals surface area contributed by atoms with Crippen LogP contribution in [-0.4, -0.2) is 6.03 Å². The third kappa shape index (κ3) is 4.10. The molecule has 0 aliphatic carbocycles. The number of halogens is 6. The fourth-order valence-electron chi connectivity index (χ4n) is 1.71. The van der Waals surface area contributed by atoms with E-state index in [-0.39, 0.29) is 5.69 Å². The monoisotopic (exact) mass is 350 g/mol. The number of benzene rings is 2. The van der Waals surface area contributed by atoms with Crippen LogP contribution in [0.15, 0.2) is 36.4 Å². The molecular weight excluding hydrogens is 343 g/mol. The van der Waals surface area contributed by atoms with Crippen LogP contribution in [0.3, 0.4) is 0 Å². The van der Waals surface area contributed by atoms with Gasteiger partial charge in [0.25, 0.3) is 0 Å². The van der Waals surface area contributed by atoms with E-state index in [0.29, 0.717) is 6.07 Å². The van der Waals surface area contributed by atoms with Crippen LogP contribution in [0, 0.1) is 11.6 Å². The van der Waals surface area contributed by atoms with Gasteiger partial charge >= 0.3 is 12.2 Å². The van der Waals surface area contributed by atoms with Crippen molar-refractivity contribution in [1.29, 1.82) is 0 Å². The maximum Gasteiger partial charge on any atom is 0.417 e. The first kappa shape index (κ1) is 17.0. The van der Waals surface area contributed by atoms with Gasteiger partial charge in [-0.1, -0.05) is 17.7 Å². The largest absolute Gasteiger partial charge is 0.417 e. The van der Waals surface area contributed by atoms with Crippen molar-refractivity contribution in [3.05, 3.63) is 58.6 Å². The SMILES string of the molecule is O=C(Nc1ccc(Cl)c(C(F)(F)F)c1)Nc1cccc(F)c1F. The summed E-state index contributed by atoms with van der Waals surface area (Å²) in [5, 5.41) is 3.54. The molecule has 0 aromatic heterocycles. The number of hydrogen-bond donors (Lipinski definition) is 2. The van der Waals surface area contributed by atoms with Gasteiger partial charge in [-0.3, -0.25) is 0 Å². The van der Waals surface area contributed by atoms with Crippen LogP contribution in [0.1, 0.15) is 5.56 Å². The predicted octanol–water partition coefficient (Wildman–Crippen LogP) is 5.28. The van der Waals surface area contributed by atoms with Gasteiger partial charge in [0.2, 0.25) is 0 Å². The molecule has 2 rings (SSSR count). The zero-order valence-corrected chi connectivity index (χ0v) is 11.9. The molecule has 0 unspecified atom stereocenters. The molecule has 2 aromatic rings. The van der Waals surface area contributed by atoms with Gasteiger partial charge in [-0.25, -0.2) is 13.6 Å². The van der Waals surface area contributed by atoms with E-state index < -0.39 is 40.1 Å². The summed E-state index contributed by atoms with van der Waals surface area (Å²) < 4.78 is 64.5. The molecule has 2 N–H and O–H groups in total. The van der Waals surface area contributed by atoms with Gasteiger partial charge in [0, 0.05) is 5.69 Å². The van der Waals surface area contributed by atoms with E-state index in [2.05, 4.69) is 5.32 Å². The molecule has 2 aromatic carbocycles. The highest BCUT2D eigenvalue weighted by Crippen LogP contribution is 2.36. The molecule has 0 saturated heterocycles. The molecule has 3 nitrogen and oxygen atoms in total. The summed E-state index contributed by atoms with van der Waals surface area (Å²) in [5.41, 5.74) is -1.79. The van der Waals surface area contributed by atoms with Crippen molar-refractivity contribution in [3.8, 4) is 0 Å². The maximum absolute atomic E-state index is 13.4. The van der Waals surface area contributed by atoms with Crippen molar-refractivity contribution in [2.24, 2.45) is 0 Å². The molecule has 0 aliphatic rings. The Hall–Kier alpha value is -2.35. The van der Waals surface area contributed by atoms with Crippen LogP contribution < -0.4 is 10.6 Å². The second-order valence-corrected chi connectivity index (χ2v) is 4.78. The number of carbonyl (C=O) groups excluding carboxylic acids is 1. The first-order valence-corrected chi connectivity index (χ1v) is 6.45. The minimum atomic E-state index is -4.69. The van der Waals surface area contributed by atoms with Gasteiger partial charge in [-0.05, 0) is 30.3 Å². The van der Waals surface area contributed by atoms with Gasteiger partial charge in [0.1, 0.15) is 0 Å². The molecule has 0 bridgehead atoms. The highest BCUT2D eigenvalue weighted by atomic mass is 35.5. The van der Waals surface area contributed by atoms with E-state index in [9.17, 15) is 26.7 Å². The molecule has 0 heterocycles. The molecule has 0 aliphatic heterocycles. The number of nitrogens with one attached hydrogen (secondary N) is 2. The summed E-state index contributed by atoms with van der Waals surface area (Å²) in [7, 11) is 0. The number of rotatable bonds is 2. The number of alkyl halides is 3. The third-order valence-electron chi connectivity index (χ3n) is 2.73. The smallest absolute Gasteiger partial charge is 0.308 e. The van der Waals surface area contributed by atoms with Crippen molar-refractivity contribution < 1.29 is 26.7 Å². The first-order chi connectivity index (χ1) is 10.7. The van der Waals surface area contributed by atoms with E-state index in [1.54, 1.807) is 0 Å². The van der Waals surface area contributed by atoms with Crippen LogP contribution in [0.5, 0.6) is 0 Å². The maximum atomic E-state index is 13.4. The Morgan fingerprint density at radius 1 is 1.04 bits per heavy atom. The summed E-state index contributed by atoms with van der Waals surface area (Å²) >= 11 is 5.45. The molecule has 122 valence electrons. The summed E-state index contributed by atoms with van der Waals surface area (Å²) in [5.74, 6) is -2.46. The lowest BCUT2D eigenvalue weighted by Gasteiger charge is -2.12. The van der Waals surface area contributed by atoms with Crippen LogP contribution in [0.25, 0.3) is 0 Å². The highest BCUT2D eigenvalue weighted by molar-refractivity contribution is 6.31. The topological polar surface area (TPSA) is 41.1 Å². The molecular formula is C14H8ClF5N2O. The molecule has 9 heteroatoms. The lowest BCUT2D eigenvalue weighted by molar-refractivity contribution is -0.137. The van der Waals surface area contributed by atoms with Gasteiger partial charge in [0.15, 0.2) is 11.6 Å². The lowest BCUT2D eigenvalue weighted by Crippen LogP contribution is -2.20. The summed E-state index contributed by atoms with van der Waals surface area (Å²) in [4.78, 5) is 11.7. The lowest BCUT2D eigenvalue weighted by atomic mass is 10.2.